The second-order valence-electron chi connectivity index (χ2n) is 5.89. The summed E-state index contributed by atoms with van der Waals surface area (Å²) in [5, 5.41) is 1.34. The van der Waals surface area contributed by atoms with Gasteiger partial charge in [-0.2, -0.15) is 0 Å². The predicted octanol–water partition coefficient (Wildman–Crippen LogP) is 7.17. The Kier molecular flexibility index (Phi) is 5.40. The molecule has 112 valence electrons. The molecule has 1 unspecified atom stereocenters. The first-order chi connectivity index (χ1) is 9.85. The van der Waals surface area contributed by atoms with Gasteiger partial charge in [-0.05, 0) is 40.7 Å². The highest BCUT2D eigenvalue weighted by atomic mass is 79.9. The smallest absolute Gasteiger partial charge is 0.0659 e. The molecular formula is C18H19BrCl2. The lowest BCUT2D eigenvalue weighted by Gasteiger charge is -2.24. The molecule has 2 aromatic rings. The van der Waals surface area contributed by atoms with Crippen LogP contribution in [0.5, 0.6) is 0 Å². The molecule has 0 saturated heterocycles. The van der Waals surface area contributed by atoms with Crippen molar-refractivity contribution in [3.8, 4) is 0 Å². The Morgan fingerprint density at radius 2 is 1.67 bits per heavy atom. The number of hydrogen-bond donors (Lipinski definition) is 0. The van der Waals surface area contributed by atoms with Crippen molar-refractivity contribution in [1.82, 2.24) is 0 Å². The van der Waals surface area contributed by atoms with Crippen LogP contribution in [-0.4, -0.2) is 0 Å². The molecule has 3 heteroatoms. The average molecular weight is 386 g/mol. The maximum absolute atomic E-state index is 6.29. The van der Waals surface area contributed by atoms with Crippen LogP contribution in [0.3, 0.4) is 0 Å². The average Bonchev–Trinajstić information content (AvgIpc) is 2.47. The minimum Gasteiger partial charge on any atom is -0.0843 e. The molecule has 0 aliphatic heterocycles. The minimum atomic E-state index is 0.0704. The fourth-order valence-corrected chi connectivity index (χ4v) is 3.55. The normalized spacial score (nSPS) is 13.2. The first-order valence-electron chi connectivity index (χ1n) is 7.04. The Morgan fingerprint density at radius 3 is 2.19 bits per heavy atom. The molecule has 0 aromatic heterocycles. The lowest BCUT2D eigenvalue weighted by atomic mass is 9.82. The third kappa shape index (κ3) is 3.83. The van der Waals surface area contributed by atoms with Crippen molar-refractivity contribution >= 4 is 39.1 Å². The first kappa shape index (κ1) is 16.9. The zero-order valence-electron chi connectivity index (χ0n) is 12.5. The van der Waals surface area contributed by atoms with Crippen molar-refractivity contribution in [1.29, 1.82) is 0 Å². The van der Waals surface area contributed by atoms with E-state index in [1.165, 1.54) is 11.1 Å². The number of rotatable bonds is 4. The lowest BCUT2D eigenvalue weighted by molar-refractivity contribution is 0.506. The second-order valence-corrected chi connectivity index (χ2v) is 7.65. The summed E-state index contributed by atoms with van der Waals surface area (Å²) in [4.78, 5) is 0.0704. The summed E-state index contributed by atoms with van der Waals surface area (Å²) in [6.07, 6.45) is 1.12. The molecule has 0 saturated carbocycles. The molecular weight excluding hydrogens is 367 g/mol. The first-order valence-corrected chi connectivity index (χ1v) is 8.72. The van der Waals surface area contributed by atoms with Crippen LogP contribution in [0, 0.1) is 0 Å². The second kappa shape index (κ2) is 6.73. The van der Waals surface area contributed by atoms with Crippen molar-refractivity contribution in [3.05, 3.63) is 69.2 Å². The van der Waals surface area contributed by atoms with Crippen molar-refractivity contribution in [2.45, 2.75) is 37.4 Å². The Bertz CT molecular complexity index is 618. The van der Waals surface area contributed by atoms with Gasteiger partial charge < -0.3 is 0 Å². The Labute approximate surface area is 145 Å². The Balaban J connectivity index is 2.30. The quantitative estimate of drug-likeness (QED) is 0.489. The van der Waals surface area contributed by atoms with Gasteiger partial charge in [-0.25, -0.2) is 0 Å². The molecule has 1 atom stereocenters. The van der Waals surface area contributed by atoms with Crippen LogP contribution in [0.2, 0.25) is 10.0 Å². The van der Waals surface area contributed by atoms with E-state index >= 15 is 0 Å². The fourth-order valence-electron chi connectivity index (χ4n) is 2.19. The van der Waals surface area contributed by atoms with Crippen LogP contribution in [0.1, 0.15) is 48.7 Å². The monoisotopic (exact) mass is 384 g/mol. The van der Waals surface area contributed by atoms with Gasteiger partial charge in [0.25, 0.3) is 0 Å². The topological polar surface area (TPSA) is 0 Å². The largest absolute Gasteiger partial charge is 0.0843 e. The number of alkyl halides is 1. The zero-order chi connectivity index (χ0) is 15.6. The van der Waals surface area contributed by atoms with Crippen LogP contribution >= 0.6 is 39.1 Å². The van der Waals surface area contributed by atoms with E-state index in [4.69, 9.17) is 23.2 Å². The van der Waals surface area contributed by atoms with Crippen LogP contribution in [0.15, 0.2) is 42.5 Å². The summed E-state index contributed by atoms with van der Waals surface area (Å²) in [5.41, 5.74) is 3.78. The summed E-state index contributed by atoms with van der Waals surface area (Å²) < 4.78 is 0. The van der Waals surface area contributed by atoms with E-state index in [0.29, 0.717) is 10.0 Å². The molecule has 0 aliphatic carbocycles. The van der Waals surface area contributed by atoms with E-state index in [9.17, 15) is 0 Å². The van der Waals surface area contributed by atoms with Gasteiger partial charge in [0.1, 0.15) is 0 Å². The molecule has 2 aromatic carbocycles. The summed E-state index contributed by atoms with van der Waals surface area (Å²) in [5.74, 6) is 0. The zero-order valence-corrected chi connectivity index (χ0v) is 15.6. The Morgan fingerprint density at radius 1 is 1.05 bits per heavy atom. The van der Waals surface area contributed by atoms with Gasteiger partial charge in [0.05, 0.1) is 4.83 Å². The van der Waals surface area contributed by atoms with E-state index in [2.05, 4.69) is 61.0 Å². The molecule has 0 bridgehead atoms. The van der Waals surface area contributed by atoms with Gasteiger partial charge in [0.2, 0.25) is 0 Å². The van der Waals surface area contributed by atoms with Gasteiger partial charge in [-0.3, -0.25) is 0 Å². The van der Waals surface area contributed by atoms with E-state index in [-0.39, 0.29) is 10.2 Å². The van der Waals surface area contributed by atoms with E-state index in [1.807, 2.05) is 12.1 Å². The van der Waals surface area contributed by atoms with E-state index in [0.717, 1.165) is 12.0 Å². The summed E-state index contributed by atoms with van der Waals surface area (Å²) in [6, 6.07) is 14.4. The van der Waals surface area contributed by atoms with Crippen molar-refractivity contribution in [2.75, 3.05) is 0 Å². The summed E-state index contributed by atoms with van der Waals surface area (Å²) in [7, 11) is 0. The molecule has 0 N–H and O–H groups in total. The van der Waals surface area contributed by atoms with Crippen LogP contribution in [-0.2, 0) is 5.41 Å². The van der Waals surface area contributed by atoms with Gasteiger partial charge in [0.15, 0.2) is 0 Å². The predicted molar refractivity (Wildman–Crippen MR) is 97.0 cm³/mol. The fraction of sp³-hybridized carbons (Fsp3) is 0.333. The highest BCUT2D eigenvalue weighted by molar-refractivity contribution is 9.09. The molecule has 0 fully saturated rings. The summed E-state index contributed by atoms with van der Waals surface area (Å²) in [6.45, 7) is 6.75. The number of hydrogen-bond acceptors (Lipinski definition) is 0. The van der Waals surface area contributed by atoms with Crippen LogP contribution < -0.4 is 0 Å². The van der Waals surface area contributed by atoms with Gasteiger partial charge in [-0.15, -0.1) is 0 Å². The van der Waals surface area contributed by atoms with Crippen LogP contribution in [0.25, 0.3) is 0 Å². The molecule has 0 spiro atoms. The van der Waals surface area contributed by atoms with E-state index in [1.54, 1.807) is 6.07 Å². The highest BCUT2D eigenvalue weighted by Gasteiger charge is 2.19. The van der Waals surface area contributed by atoms with Crippen molar-refractivity contribution in [3.63, 3.8) is 0 Å². The minimum absolute atomic E-state index is 0.0704. The third-order valence-corrected chi connectivity index (χ3v) is 5.69. The molecule has 0 nitrogen and oxygen atoms in total. The molecule has 2 rings (SSSR count). The maximum Gasteiger partial charge on any atom is 0.0659 e. The SMILES string of the molecule is CCC(C)(C)c1ccc(C(Br)c2ccc(Cl)cc2Cl)cc1. The number of halogens is 3. The summed E-state index contributed by atoms with van der Waals surface area (Å²) >= 11 is 16.0. The molecule has 0 radical (unpaired) electrons. The van der Waals surface area contributed by atoms with Gasteiger partial charge in [-0.1, -0.05) is 90.2 Å². The van der Waals surface area contributed by atoms with Crippen molar-refractivity contribution in [2.24, 2.45) is 0 Å². The third-order valence-electron chi connectivity index (χ3n) is 4.10. The molecule has 0 amide bonds. The maximum atomic E-state index is 6.29. The van der Waals surface area contributed by atoms with Gasteiger partial charge in [0, 0.05) is 10.0 Å². The number of benzene rings is 2. The highest BCUT2D eigenvalue weighted by Crippen LogP contribution is 2.37. The molecule has 0 aliphatic rings. The van der Waals surface area contributed by atoms with E-state index < -0.39 is 0 Å². The Hall–Kier alpha value is -0.500. The molecule has 21 heavy (non-hydrogen) atoms. The lowest BCUT2D eigenvalue weighted by Crippen LogP contribution is -2.15. The molecule has 0 heterocycles. The van der Waals surface area contributed by atoms with Gasteiger partial charge >= 0.3 is 0 Å². The van der Waals surface area contributed by atoms with Crippen molar-refractivity contribution < 1.29 is 0 Å². The standard InChI is InChI=1S/C18H19BrCl2/c1-4-18(2,3)13-7-5-12(6-8-13)17(19)15-10-9-14(20)11-16(15)21/h5-11,17H,4H2,1-3H3. The van der Waals surface area contributed by atoms with Crippen LogP contribution in [0.4, 0.5) is 0 Å².